The van der Waals surface area contributed by atoms with Crippen LogP contribution in [-0.2, 0) is 16.2 Å². The van der Waals surface area contributed by atoms with Crippen molar-refractivity contribution in [1.29, 1.82) is 0 Å². The van der Waals surface area contributed by atoms with Crippen LogP contribution < -0.4 is 15.4 Å². The van der Waals surface area contributed by atoms with Crippen molar-refractivity contribution in [1.82, 2.24) is 10.2 Å². The van der Waals surface area contributed by atoms with Crippen molar-refractivity contribution in [2.45, 2.75) is 13.5 Å². The summed E-state index contributed by atoms with van der Waals surface area (Å²) in [4.78, 5) is 38.4. The molecule has 1 saturated heterocycles. The van der Waals surface area contributed by atoms with E-state index in [9.17, 15) is 14.4 Å². The summed E-state index contributed by atoms with van der Waals surface area (Å²) < 4.78 is 6.40. The summed E-state index contributed by atoms with van der Waals surface area (Å²) in [6.07, 6.45) is 1.48. The van der Waals surface area contributed by atoms with Gasteiger partial charge in [-0.2, -0.15) is 0 Å². The first-order valence-corrected chi connectivity index (χ1v) is 12.3. The van der Waals surface area contributed by atoms with Crippen molar-refractivity contribution in [3.05, 3.63) is 97.6 Å². The van der Waals surface area contributed by atoms with Crippen molar-refractivity contribution in [3.63, 3.8) is 0 Å². The number of nitrogens with one attached hydrogen (secondary N) is 2. The number of carbonyl (C=O) groups is 3. The third-order valence-electron chi connectivity index (χ3n) is 5.23. The van der Waals surface area contributed by atoms with Crippen LogP contribution in [0.1, 0.15) is 16.7 Å². The zero-order valence-electron chi connectivity index (χ0n) is 19.0. The summed E-state index contributed by atoms with van der Waals surface area (Å²) in [5.74, 6) is -0.697. The van der Waals surface area contributed by atoms with Crippen LogP contribution in [0.15, 0.2) is 70.8 Å². The highest BCUT2D eigenvalue weighted by atomic mass is 79.9. The molecule has 1 heterocycles. The fourth-order valence-corrected chi connectivity index (χ4v) is 4.69. The molecule has 0 unspecified atom stereocenters. The molecule has 1 fully saturated rings. The average molecular weight is 589 g/mol. The van der Waals surface area contributed by atoms with Gasteiger partial charge in [-0.3, -0.25) is 9.59 Å². The number of urea groups is 1. The smallest absolute Gasteiger partial charge is 0.329 e. The lowest BCUT2D eigenvalue weighted by Crippen LogP contribution is -2.38. The van der Waals surface area contributed by atoms with E-state index in [2.05, 4.69) is 26.6 Å². The molecule has 0 aliphatic carbocycles. The number of hydrogen-bond donors (Lipinski definition) is 2. The van der Waals surface area contributed by atoms with Crippen LogP contribution in [0.2, 0.25) is 10.0 Å². The molecule has 4 amide bonds. The van der Waals surface area contributed by atoms with E-state index in [4.69, 9.17) is 27.9 Å². The normalized spacial score (nSPS) is 14.2. The minimum Gasteiger partial charge on any atom is -0.486 e. The third kappa shape index (κ3) is 6.07. The van der Waals surface area contributed by atoms with Gasteiger partial charge in [0.2, 0.25) is 5.91 Å². The predicted octanol–water partition coefficient (Wildman–Crippen LogP) is 6.17. The first kappa shape index (κ1) is 25.8. The third-order valence-corrected chi connectivity index (χ3v) is 6.47. The second kappa shape index (κ2) is 11.2. The van der Waals surface area contributed by atoms with Crippen LogP contribution in [-0.4, -0.2) is 29.3 Å². The number of halogens is 3. The lowest BCUT2D eigenvalue weighted by atomic mass is 10.1. The Hall–Kier alpha value is -3.33. The summed E-state index contributed by atoms with van der Waals surface area (Å²) in [5, 5.41) is 6.07. The van der Waals surface area contributed by atoms with Gasteiger partial charge in [0.15, 0.2) is 5.75 Å². The highest BCUT2D eigenvalue weighted by molar-refractivity contribution is 9.10. The molecular weight excluding hydrogens is 569 g/mol. The quantitative estimate of drug-likeness (QED) is 0.255. The Balaban J connectivity index is 1.44. The molecule has 4 rings (SSSR count). The maximum absolute atomic E-state index is 12.8. The van der Waals surface area contributed by atoms with E-state index < -0.39 is 24.4 Å². The topological polar surface area (TPSA) is 87.7 Å². The highest BCUT2D eigenvalue weighted by Crippen LogP contribution is 2.36. The minimum absolute atomic E-state index is 0.0241. The first-order valence-electron chi connectivity index (χ1n) is 10.8. The second-order valence-electron chi connectivity index (χ2n) is 7.99. The Kier molecular flexibility index (Phi) is 7.98. The molecule has 2 N–H and O–H groups in total. The molecule has 10 heteroatoms. The predicted molar refractivity (Wildman–Crippen MR) is 143 cm³/mol. The van der Waals surface area contributed by atoms with Gasteiger partial charge < -0.3 is 15.4 Å². The summed E-state index contributed by atoms with van der Waals surface area (Å²) in [7, 11) is 0. The Morgan fingerprint density at radius 3 is 2.58 bits per heavy atom. The molecule has 36 heavy (non-hydrogen) atoms. The molecule has 184 valence electrons. The molecular formula is C26H20BrCl2N3O4. The minimum atomic E-state index is -0.685. The van der Waals surface area contributed by atoms with Crippen LogP contribution in [0.5, 0.6) is 5.75 Å². The molecule has 3 aromatic carbocycles. The number of rotatable bonds is 7. The summed E-state index contributed by atoms with van der Waals surface area (Å²) in [6.45, 7) is 1.69. The van der Waals surface area contributed by atoms with Crippen molar-refractivity contribution >= 4 is 68.7 Å². The van der Waals surface area contributed by atoms with E-state index in [-0.39, 0.29) is 12.3 Å². The zero-order valence-corrected chi connectivity index (χ0v) is 22.1. The van der Waals surface area contributed by atoms with E-state index >= 15 is 0 Å². The molecule has 0 aromatic heterocycles. The molecule has 1 aliphatic heterocycles. The van der Waals surface area contributed by atoms with Crippen LogP contribution >= 0.6 is 39.1 Å². The Morgan fingerprint density at radius 1 is 1.08 bits per heavy atom. The fourth-order valence-electron chi connectivity index (χ4n) is 3.51. The molecule has 1 aliphatic rings. The van der Waals surface area contributed by atoms with E-state index in [0.717, 1.165) is 16.0 Å². The van der Waals surface area contributed by atoms with Crippen LogP contribution in [0, 0.1) is 6.92 Å². The fraction of sp³-hybridized carbons (Fsp3) is 0.115. The average Bonchev–Trinajstić information content (AvgIpc) is 3.07. The summed E-state index contributed by atoms with van der Waals surface area (Å²) in [5.41, 5.74) is 2.93. The van der Waals surface area contributed by atoms with E-state index in [0.29, 0.717) is 31.5 Å². The molecule has 0 saturated carbocycles. The number of nitrogens with zero attached hydrogens (tertiary/aromatic N) is 1. The number of aryl methyl sites for hydroxylation is 1. The number of anilines is 1. The monoisotopic (exact) mass is 587 g/mol. The molecule has 3 aromatic rings. The van der Waals surface area contributed by atoms with Crippen molar-refractivity contribution in [2.75, 3.05) is 11.9 Å². The van der Waals surface area contributed by atoms with Crippen molar-refractivity contribution in [3.8, 4) is 5.75 Å². The van der Waals surface area contributed by atoms with E-state index in [1.165, 1.54) is 6.08 Å². The summed E-state index contributed by atoms with van der Waals surface area (Å²) in [6, 6.07) is 17.2. The number of carbonyl (C=O) groups excluding carboxylic acids is 3. The van der Waals surface area contributed by atoms with Crippen molar-refractivity contribution in [2.24, 2.45) is 0 Å². The van der Waals surface area contributed by atoms with Crippen LogP contribution in [0.25, 0.3) is 6.08 Å². The lowest BCUT2D eigenvalue weighted by molar-refractivity contribution is -0.127. The number of benzene rings is 3. The highest BCUT2D eigenvalue weighted by Gasteiger charge is 2.35. The number of amides is 4. The molecule has 0 bridgehead atoms. The number of hydrogen-bond acceptors (Lipinski definition) is 4. The van der Waals surface area contributed by atoms with Gasteiger partial charge >= 0.3 is 6.03 Å². The molecule has 0 spiro atoms. The zero-order chi connectivity index (χ0) is 25.8. The van der Waals surface area contributed by atoms with E-state index in [1.54, 1.807) is 36.4 Å². The largest absolute Gasteiger partial charge is 0.486 e. The second-order valence-corrected chi connectivity index (χ2v) is 9.66. The summed E-state index contributed by atoms with van der Waals surface area (Å²) >= 11 is 16.0. The van der Waals surface area contributed by atoms with Gasteiger partial charge in [-0.1, -0.05) is 53.5 Å². The van der Waals surface area contributed by atoms with E-state index in [1.807, 2.05) is 31.2 Å². The van der Waals surface area contributed by atoms with Crippen molar-refractivity contribution < 1.29 is 19.1 Å². The standard InChI is InChI=1S/C26H20BrCl2N3O4/c1-15-5-4-7-18(9-15)30-23(33)13-32-25(34)22(31-26(32)35)12-16-10-19(27)24(21(29)11-16)36-14-17-6-2-3-8-20(17)28/h2-12H,13-14H2,1H3,(H,30,33)(H,31,35)/b22-12+. The van der Waals surface area contributed by atoms with Gasteiger partial charge in [0.05, 0.1) is 9.50 Å². The Labute approximate surface area is 226 Å². The van der Waals surface area contributed by atoms with Gasteiger partial charge in [-0.25, -0.2) is 9.69 Å². The number of imide groups is 1. The van der Waals surface area contributed by atoms with Gasteiger partial charge in [0.25, 0.3) is 5.91 Å². The van der Waals surface area contributed by atoms with Gasteiger partial charge in [-0.15, -0.1) is 0 Å². The van der Waals surface area contributed by atoms with Gasteiger partial charge in [0, 0.05) is 16.3 Å². The van der Waals surface area contributed by atoms with Crippen LogP contribution in [0.4, 0.5) is 10.5 Å². The molecule has 0 atom stereocenters. The maximum atomic E-state index is 12.8. The van der Waals surface area contributed by atoms with Crippen LogP contribution in [0.3, 0.4) is 0 Å². The maximum Gasteiger partial charge on any atom is 0.329 e. The van der Waals surface area contributed by atoms with Gasteiger partial charge in [0.1, 0.15) is 18.8 Å². The Bertz CT molecular complexity index is 1370. The number of ether oxygens (including phenoxy) is 1. The molecule has 7 nitrogen and oxygen atoms in total. The lowest BCUT2D eigenvalue weighted by Gasteiger charge is -2.12. The Morgan fingerprint density at radius 2 is 1.86 bits per heavy atom. The van der Waals surface area contributed by atoms with Gasteiger partial charge in [-0.05, 0) is 70.4 Å². The first-order chi connectivity index (χ1) is 17.2. The SMILES string of the molecule is Cc1cccc(NC(=O)CN2C(=O)N/C(=C/c3cc(Cl)c(OCc4ccccc4Cl)c(Br)c3)C2=O)c1. The molecule has 0 radical (unpaired) electrons.